The number of rotatable bonds is 5. The number of amides is 1. The lowest BCUT2D eigenvalue weighted by molar-refractivity contribution is -0.137. The lowest BCUT2D eigenvalue weighted by atomic mass is 9.96. The standard InChI is InChI=1S/C19H28N2O4.ClH/c1-24-15-2-4-16(5-3-15)25-12-13-6-8-21(9-7-13)19(23)14-10-17(20)18(22)11-14;/h2-5,13-14,17-18,22H,6-12,20H2,1H3;1H/t14-,17+,18+;/m0./s1. The summed E-state index contributed by atoms with van der Waals surface area (Å²) in [6, 6.07) is 7.33. The van der Waals surface area contributed by atoms with Gasteiger partial charge in [-0.25, -0.2) is 0 Å². The molecule has 0 aromatic heterocycles. The van der Waals surface area contributed by atoms with Crippen LogP contribution in [0.5, 0.6) is 11.5 Å². The number of aliphatic hydroxyl groups excluding tert-OH is 1. The Morgan fingerprint density at radius 2 is 1.81 bits per heavy atom. The van der Waals surface area contributed by atoms with Gasteiger partial charge in [-0.05, 0) is 55.9 Å². The molecule has 1 aromatic carbocycles. The number of methoxy groups -OCH3 is 1. The van der Waals surface area contributed by atoms with Crippen molar-refractivity contribution in [1.29, 1.82) is 0 Å². The molecule has 1 aliphatic carbocycles. The van der Waals surface area contributed by atoms with E-state index in [0.29, 0.717) is 25.4 Å². The van der Waals surface area contributed by atoms with E-state index in [1.165, 1.54) is 0 Å². The highest BCUT2D eigenvalue weighted by Crippen LogP contribution is 2.29. The van der Waals surface area contributed by atoms with Crippen LogP contribution in [-0.2, 0) is 4.79 Å². The first-order valence-electron chi connectivity index (χ1n) is 9.06. The van der Waals surface area contributed by atoms with E-state index in [0.717, 1.165) is 37.4 Å². The quantitative estimate of drug-likeness (QED) is 0.809. The number of nitrogens with two attached hydrogens (primary N) is 1. The average molecular weight is 385 g/mol. The van der Waals surface area contributed by atoms with Crippen LogP contribution < -0.4 is 15.2 Å². The van der Waals surface area contributed by atoms with Crippen LogP contribution >= 0.6 is 12.4 Å². The topological polar surface area (TPSA) is 85.0 Å². The summed E-state index contributed by atoms with van der Waals surface area (Å²) in [6.07, 6.45) is 2.46. The molecule has 0 spiro atoms. The molecule has 1 saturated carbocycles. The van der Waals surface area contributed by atoms with Crippen molar-refractivity contribution in [2.75, 3.05) is 26.8 Å². The average Bonchev–Trinajstić information content (AvgIpc) is 2.99. The molecule has 1 saturated heterocycles. The van der Waals surface area contributed by atoms with Gasteiger partial charge in [0.2, 0.25) is 5.91 Å². The minimum atomic E-state index is -0.538. The number of carbonyl (C=O) groups excluding carboxylic acids is 1. The maximum absolute atomic E-state index is 12.6. The zero-order chi connectivity index (χ0) is 17.8. The Hall–Kier alpha value is -1.50. The van der Waals surface area contributed by atoms with Gasteiger partial charge in [0.1, 0.15) is 11.5 Å². The Balaban J connectivity index is 0.00000243. The number of likely N-dealkylation sites (tertiary alicyclic amines) is 1. The van der Waals surface area contributed by atoms with Crippen molar-refractivity contribution in [3.8, 4) is 11.5 Å². The van der Waals surface area contributed by atoms with Crippen molar-refractivity contribution in [2.45, 2.75) is 37.8 Å². The van der Waals surface area contributed by atoms with Gasteiger partial charge in [-0.1, -0.05) is 0 Å². The highest BCUT2D eigenvalue weighted by molar-refractivity contribution is 5.85. The molecule has 3 atom stereocenters. The molecule has 0 radical (unpaired) electrons. The predicted molar refractivity (Wildman–Crippen MR) is 102 cm³/mol. The highest BCUT2D eigenvalue weighted by Gasteiger charge is 2.37. The molecule has 0 unspecified atom stereocenters. The number of piperidine rings is 1. The number of halogens is 1. The first kappa shape index (κ1) is 20.8. The third-order valence-electron chi connectivity index (χ3n) is 5.40. The van der Waals surface area contributed by atoms with Crippen molar-refractivity contribution in [2.24, 2.45) is 17.6 Å². The van der Waals surface area contributed by atoms with Crippen LogP contribution in [0.15, 0.2) is 24.3 Å². The monoisotopic (exact) mass is 384 g/mol. The van der Waals surface area contributed by atoms with E-state index < -0.39 is 6.10 Å². The van der Waals surface area contributed by atoms with Crippen molar-refractivity contribution in [3.63, 3.8) is 0 Å². The van der Waals surface area contributed by atoms with E-state index in [1.807, 2.05) is 29.2 Å². The van der Waals surface area contributed by atoms with Crippen LogP contribution in [0.2, 0.25) is 0 Å². The summed E-state index contributed by atoms with van der Waals surface area (Å²) >= 11 is 0. The van der Waals surface area contributed by atoms with Gasteiger partial charge in [0, 0.05) is 25.0 Å². The number of carbonyl (C=O) groups is 1. The minimum absolute atomic E-state index is 0. The fourth-order valence-corrected chi connectivity index (χ4v) is 3.71. The number of benzene rings is 1. The van der Waals surface area contributed by atoms with Crippen LogP contribution in [0.1, 0.15) is 25.7 Å². The summed E-state index contributed by atoms with van der Waals surface area (Å²) in [5, 5.41) is 9.75. The Morgan fingerprint density at radius 1 is 1.19 bits per heavy atom. The van der Waals surface area contributed by atoms with Gasteiger partial charge in [-0.2, -0.15) is 0 Å². The molecular formula is C19H29ClN2O4. The van der Waals surface area contributed by atoms with Crippen LogP contribution in [0.25, 0.3) is 0 Å². The Bertz CT molecular complexity index is 565. The van der Waals surface area contributed by atoms with Gasteiger partial charge >= 0.3 is 0 Å². The zero-order valence-electron chi connectivity index (χ0n) is 15.2. The smallest absolute Gasteiger partial charge is 0.225 e. The summed E-state index contributed by atoms with van der Waals surface area (Å²) in [5.41, 5.74) is 5.83. The van der Waals surface area contributed by atoms with Gasteiger partial charge < -0.3 is 25.2 Å². The summed E-state index contributed by atoms with van der Waals surface area (Å²) in [4.78, 5) is 14.5. The van der Waals surface area contributed by atoms with Gasteiger partial charge in [0.05, 0.1) is 19.8 Å². The molecule has 2 fully saturated rings. The second kappa shape index (κ2) is 9.44. The third-order valence-corrected chi connectivity index (χ3v) is 5.40. The Labute approximate surface area is 161 Å². The molecule has 1 aromatic rings. The van der Waals surface area contributed by atoms with Crippen LogP contribution in [0.4, 0.5) is 0 Å². The maximum atomic E-state index is 12.6. The van der Waals surface area contributed by atoms with Crippen molar-refractivity contribution in [1.82, 2.24) is 4.90 Å². The number of hydrogen-bond acceptors (Lipinski definition) is 5. The summed E-state index contributed by atoms with van der Waals surface area (Å²) in [5.74, 6) is 2.16. The van der Waals surface area contributed by atoms with Crippen molar-refractivity contribution >= 4 is 18.3 Å². The lowest BCUT2D eigenvalue weighted by Gasteiger charge is -2.33. The van der Waals surface area contributed by atoms with Crippen molar-refractivity contribution in [3.05, 3.63) is 24.3 Å². The second-order valence-electron chi connectivity index (χ2n) is 7.15. The molecule has 1 aliphatic heterocycles. The fourth-order valence-electron chi connectivity index (χ4n) is 3.71. The normalized spacial score (nSPS) is 26.3. The van der Waals surface area contributed by atoms with Gasteiger partial charge in [-0.15, -0.1) is 12.4 Å². The van der Waals surface area contributed by atoms with Crippen LogP contribution in [0.3, 0.4) is 0 Å². The van der Waals surface area contributed by atoms with E-state index in [1.54, 1.807) is 7.11 Å². The van der Waals surface area contributed by atoms with E-state index in [4.69, 9.17) is 15.2 Å². The van der Waals surface area contributed by atoms with Crippen LogP contribution in [0, 0.1) is 11.8 Å². The fraction of sp³-hybridized carbons (Fsp3) is 0.632. The summed E-state index contributed by atoms with van der Waals surface area (Å²) in [6.45, 7) is 2.19. The first-order chi connectivity index (χ1) is 12.1. The minimum Gasteiger partial charge on any atom is -0.497 e. The highest BCUT2D eigenvalue weighted by atomic mass is 35.5. The van der Waals surface area contributed by atoms with E-state index >= 15 is 0 Å². The molecule has 3 rings (SSSR count). The van der Waals surface area contributed by atoms with Gasteiger partial charge in [0.25, 0.3) is 0 Å². The zero-order valence-corrected chi connectivity index (χ0v) is 16.0. The Kier molecular flexibility index (Phi) is 7.55. The third kappa shape index (κ3) is 5.02. The molecule has 6 nitrogen and oxygen atoms in total. The number of ether oxygens (including phenoxy) is 2. The number of aliphatic hydroxyl groups is 1. The number of hydrogen-bond donors (Lipinski definition) is 2. The molecule has 1 amide bonds. The summed E-state index contributed by atoms with van der Waals surface area (Å²) < 4.78 is 11.0. The molecule has 2 aliphatic rings. The molecule has 7 heteroatoms. The second-order valence-corrected chi connectivity index (χ2v) is 7.15. The maximum Gasteiger partial charge on any atom is 0.225 e. The Morgan fingerprint density at radius 3 is 2.35 bits per heavy atom. The largest absolute Gasteiger partial charge is 0.497 e. The SMILES string of the molecule is COc1ccc(OCC2CCN(C(=O)[C@H]3C[C@@H](N)[C@H](O)C3)CC2)cc1.Cl. The molecule has 146 valence electrons. The van der Waals surface area contributed by atoms with Crippen LogP contribution in [-0.4, -0.2) is 54.9 Å². The van der Waals surface area contributed by atoms with E-state index in [-0.39, 0.29) is 30.3 Å². The molecule has 1 heterocycles. The number of nitrogens with zero attached hydrogens (tertiary/aromatic N) is 1. The van der Waals surface area contributed by atoms with E-state index in [2.05, 4.69) is 0 Å². The van der Waals surface area contributed by atoms with Gasteiger partial charge in [0.15, 0.2) is 0 Å². The van der Waals surface area contributed by atoms with Gasteiger partial charge in [-0.3, -0.25) is 4.79 Å². The van der Waals surface area contributed by atoms with E-state index in [9.17, 15) is 9.90 Å². The molecule has 26 heavy (non-hydrogen) atoms. The molecule has 0 bridgehead atoms. The predicted octanol–water partition coefficient (Wildman–Crippen LogP) is 1.83. The molecule has 3 N–H and O–H groups in total. The summed E-state index contributed by atoms with van der Waals surface area (Å²) in [7, 11) is 1.64. The first-order valence-corrected chi connectivity index (χ1v) is 9.06. The molecular weight excluding hydrogens is 356 g/mol. The lowest BCUT2D eigenvalue weighted by Crippen LogP contribution is -2.42. The van der Waals surface area contributed by atoms with Crippen molar-refractivity contribution < 1.29 is 19.4 Å².